The summed E-state index contributed by atoms with van der Waals surface area (Å²) in [5.41, 5.74) is -5.30. The van der Waals surface area contributed by atoms with Gasteiger partial charge in [0.1, 0.15) is 24.0 Å². The van der Waals surface area contributed by atoms with Gasteiger partial charge in [-0.25, -0.2) is 18.0 Å². The van der Waals surface area contributed by atoms with Gasteiger partial charge in [-0.1, -0.05) is 43.3 Å². The fourth-order valence-corrected chi connectivity index (χ4v) is 5.59. The normalized spacial score (nSPS) is 15.8. The van der Waals surface area contributed by atoms with Crippen LogP contribution in [-0.2, 0) is 42.9 Å². The first kappa shape index (κ1) is 32.6. The molecule has 11 nitrogen and oxygen atoms in total. The van der Waals surface area contributed by atoms with Crippen molar-refractivity contribution in [2.24, 2.45) is 0 Å². The second kappa shape index (κ2) is 12.1. The van der Waals surface area contributed by atoms with Crippen LogP contribution >= 0.6 is 0 Å². The topological polar surface area (TPSA) is 166 Å². The largest absolute Gasteiger partial charge is 0.496 e. The van der Waals surface area contributed by atoms with Gasteiger partial charge in [-0.15, -0.1) is 0 Å². The fourth-order valence-electron chi connectivity index (χ4n) is 4.69. The van der Waals surface area contributed by atoms with Crippen LogP contribution in [0.5, 0.6) is 11.5 Å². The number of aliphatic hydroxyl groups is 1. The van der Waals surface area contributed by atoms with Gasteiger partial charge in [0.2, 0.25) is 10.0 Å². The Morgan fingerprint density at radius 3 is 2.31 bits per heavy atom. The van der Waals surface area contributed by atoms with E-state index in [1.54, 1.807) is 4.72 Å². The lowest BCUT2D eigenvalue weighted by Crippen LogP contribution is -2.60. The summed E-state index contributed by atoms with van der Waals surface area (Å²) in [5.74, 6) is -4.28. The van der Waals surface area contributed by atoms with Gasteiger partial charge in [0.05, 0.1) is 18.9 Å². The summed E-state index contributed by atoms with van der Waals surface area (Å²) in [6, 6.07) is 6.02. The number of carboxylic acids is 1. The highest BCUT2D eigenvalue weighted by molar-refractivity contribution is 7.88. The highest BCUT2D eigenvalue weighted by Crippen LogP contribution is 2.44. The van der Waals surface area contributed by atoms with E-state index in [2.05, 4.69) is 0 Å². The van der Waals surface area contributed by atoms with Gasteiger partial charge in [-0.05, 0) is 24.5 Å². The summed E-state index contributed by atoms with van der Waals surface area (Å²) in [6.45, 7) is 2.76. The quantitative estimate of drug-likeness (QED) is 0.194. The zero-order chi connectivity index (χ0) is 31.6. The number of rotatable bonds is 11. The van der Waals surface area contributed by atoms with Gasteiger partial charge >= 0.3 is 24.1 Å². The molecule has 3 rings (SSSR count). The van der Waals surface area contributed by atoms with Crippen molar-refractivity contribution in [2.45, 2.75) is 51.1 Å². The molecule has 0 aliphatic carbocycles. The van der Waals surface area contributed by atoms with E-state index in [4.69, 9.17) is 14.2 Å². The summed E-state index contributed by atoms with van der Waals surface area (Å²) in [5, 5.41) is 21.3. The average Bonchev–Trinajstić information content (AvgIpc) is 3.29. The third kappa shape index (κ3) is 6.27. The monoisotopic (exact) mass is 615 g/mol. The molecule has 1 aliphatic heterocycles. The first-order valence-corrected chi connectivity index (χ1v) is 14.2. The summed E-state index contributed by atoms with van der Waals surface area (Å²) < 4.78 is 85.5. The number of carbonyl (C=O) groups excluding carboxylic acids is 2. The summed E-state index contributed by atoms with van der Waals surface area (Å²) in [4.78, 5) is 37.3. The molecular weight excluding hydrogens is 587 g/mol. The zero-order valence-electron chi connectivity index (χ0n) is 22.9. The minimum atomic E-state index is -5.40. The number of aliphatic carboxylic acids is 1. The molecule has 2 unspecified atom stereocenters. The Labute approximate surface area is 238 Å². The van der Waals surface area contributed by atoms with Crippen molar-refractivity contribution in [1.82, 2.24) is 4.72 Å². The first-order valence-electron chi connectivity index (χ1n) is 12.3. The molecule has 0 aromatic heterocycles. The molecule has 0 bridgehead atoms. The maximum absolute atomic E-state index is 14.5. The molecule has 1 heterocycles. The highest BCUT2D eigenvalue weighted by atomic mass is 32.2. The van der Waals surface area contributed by atoms with E-state index < -0.39 is 69.1 Å². The molecule has 2 atom stereocenters. The smallest absolute Gasteiger partial charge is 0.414 e. The minimum Gasteiger partial charge on any atom is -0.496 e. The number of ether oxygens (including phenoxy) is 3. The molecule has 2 aromatic carbocycles. The van der Waals surface area contributed by atoms with Crippen LogP contribution < -0.4 is 14.2 Å². The molecule has 0 fully saturated rings. The number of nitrogens with one attached hydrogen (secondary N) is 1. The Bertz CT molecular complexity index is 1540. The number of benzene rings is 2. The Kier molecular flexibility index (Phi) is 9.39. The molecule has 228 valence electrons. The van der Waals surface area contributed by atoms with Crippen molar-refractivity contribution in [2.75, 3.05) is 13.4 Å². The molecule has 0 saturated carbocycles. The van der Waals surface area contributed by atoms with Gasteiger partial charge in [0, 0.05) is 17.5 Å². The second-order valence-corrected chi connectivity index (χ2v) is 11.1. The lowest BCUT2D eigenvalue weighted by atomic mass is 9.81. The third-order valence-corrected chi connectivity index (χ3v) is 7.29. The number of halogens is 3. The van der Waals surface area contributed by atoms with Crippen molar-refractivity contribution in [3.8, 4) is 11.5 Å². The lowest BCUT2D eigenvalue weighted by molar-refractivity contribution is -0.152. The van der Waals surface area contributed by atoms with E-state index in [0.29, 0.717) is 23.5 Å². The number of fused-ring (bicyclic) bond motifs is 1. The van der Waals surface area contributed by atoms with E-state index in [1.807, 2.05) is 0 Å². The standard InChI is InChI=1S/C27H28F3NO10S/c1-5-19(32)41-22-16(21(39-3)14(2)17-13-40-24(34)20(17)22)11-12-18(27(28,29)30)23(33)26(25(35)36,31-42(4,37)38)15-9-7-6-8-10-15/h6-10,12,23,31,33H,5,11,13H2,1-4H3,(H,35,36). The number of esters is 2. The number of carbonyl (C=O) groups is 3. The van der Waals surface area contributed by atoms with Crippen LogP contribution in [0.1, 0.15) is 46.0 Å². The van der Waals surface area contributed by atoms with Crippen molar-refractivity contribution in [1.29, 1.82) is 0 Å². The van der Waals surface area contributed by atoms with Crippen molar-refractivity contribution in [3.63, 3.8) is 0 Å². The molecular formula is C27H28F3NO10S. The predicted molar refractivity (Wildman–Crippen MR) is 140 cm³/mol. The number of alkyl halides is 3. The third-order valence-electron chi connectivity index (χ3n) is 6.60. The van der Waals surface area contributed by atoms with Crippen LogP contribution in [0, 0.1) is 6.92 Å². The van der Waals surface area contributed by atoms with Crippen LogP contribution in [-0.4, -0.2) is 62.2 Å². The number of hydrogen-bond donors (Lipinski definition) is 3. The number of sulfonamides is 1. The highest BCUT2D eigenvalue weighted by Gasteiger charge is 2.55. The molecule has 15 heteroatoms. The summed E-state index contributed by atoms with van der Waals surface area (Å²) in [7, 11) is -3.33. The predicted octanol–water partition coefficient (Wildman–Crippen LogP) is 2.91. The van der Waals surface area contributed by atoms with Gasteiger partial charge in [-0.2, -0.15) is 17.9 Å². The Hall–Kier alpha value is -3.95. The maximum atomic E-state index is 14.5. The number of aliphatic hydroxyl groups excluding tert-OH is 1. The van der Waals surface area contributed by atoms with E-state index in [-0.39, 0.29) is 29.9 Å². The zero-order valence-corrected chi connectivity index (χ0v) is 23.7. The number of hydrogen-bond acceptors (Lipinski definition) is 9. The van der Waals surface area contributed by atoms with Crippen molar-refractivity contribution >= 4 is 27.9 Å². The Morgan fingerprint density at radius 1 is 1.19 bits per heavy atom. The lowest BCUT2D eigenvalue weighted by Gasteiger charge is -2.36. The molecule has 0 saturated heterocycles. The molecule has 2 aromatic rings. The van der Waals surface area contributed by atoms with Gasteiger partial charge < -0.3 is 24.4 Å². The van der Waals surface area contributed by atoms with Gasteiger partial charge in [-0.3, -0.25) is 4.79 Å². The number of allylic oxidation sites excluding steroid dienone is 1. The minimum absolute atomic E-state index is 0.0416. The van der Waals surface area contributed by atoms with Crippen LogP contribution in [0.15, 0.2) is 42.0 Å². The fraction of sp³-hybridized carbons (Fsp3) is 0.370. The Morgan fingerprint density at radius 2 is 1.81 bits per heavy atom. The number of carboxylic acid groups (broad SMARTS) is 1. The van der Waals surface area contributed by atoms with E-state index in [0.717, 1.165) is 12.1 Å². The van der Waals surface area contributed by atoms with E-state index in [1.165, 1.54) is 39.2 Å². The molecule has 3 N–H and O–H groups in total. The molecule has 1 aliphatic rings. The van der Waals surface area contributed by atoms with E-state index in [9.17, 15) is 46.2 Å². The molecule has 0 amide bonds. The summed E-state index contributed by atoms with van der Waals surface area (Å²) >= 11 is 0. The second-order valence-electron chi connectivity index (χ2n) is 9.34. The summed E-state index contributed by atoms with van der Waals surface area (Å²) in [6.07, 6.45) is -8.43. The first-order chi connectivity index (χ1) is 19.5. The Balaban J connectivity index is 2.32. The maximum Gasteiger partial charge on any atom is 0.414 e. The van der Waals surface area contributed by atoms with Crippen molar-refractivity contribution < 1.29 is 60.4 Å². The number of cyclic esters (lactones) is 1. The number of methoxy groups -OCH3 is 1. The van der Waals surface area contributed by atoms with E-state index >= 15 is 0 Å². The molecule has 0 radical (unpaired) electrons. The molecule has 42 heavy (non-hydrogen) atoms. The average molecular weight is 616 g/mol. The van der Waals surface area contributed by atoms with Crippen LogP contribution in [0.25, 0.3) is 0 Å². The van der Waals surface area contributed by atoms with Crippen molar-refractivity contribution in [3.05, 3.63) is 69.8 Å². The van der Waals surface area contributed by atoms with Crippen LogP contribution in [0.4, 0.5) is 13.2 Å². The van der Waals surface area contributed by atoms with Crippen LogP contribution in [0.2, 0.25) is 0 Å². The van der Waals surface area contributed by atoms with Gasteiger partial charge in [0.15, 0.2) is 11.3 Å². The molecule has 0 spiro atoms. The van der Waals surface area contributed by atoms with Crippen LogP contribution in [0.3, 0.4) is 0 Å². The SMILES string of the molecule is CCC(=O)Oc1c(CC=C(C(O)C(NS(C)(=O)=O)(C(=O)O)c2ccccc2)C(F)(F)F)c(OC)c(C)c2c1C(=O)OC2. The van der Waals surface area contributed by atoms with Gasteiger partial charge in [0.25, 0.3) is 0 Å².